The van der Waals surface area contributed by atoms with Gasteiger partial charge in [-0.1, -0.05) is 18.5 Å². The van der Waals surface area contributed by atoms with Crippen LogP contribution in [-0.4, -0.2) is 71.7 Å². The number of hydrogen-bond donors (Lipinski definition) is 5. The molecule has 10 nitrogen and oxygen atoms in total. The van der Waals surface area contributed by atoms with Crippen LogP contribution >= 0.6 is 36.0 Å². The second kappa shape index (κ2) is 10.3. The van der Waals surface area contributed by atoms with Crippen LogP contribution < -0.4 is 15.8 Å². The summed E-state index contributed by atoms with van der Waals surface area (Å²) >= 11 is 11.7. The molecule has 0 bridgehead atoms. The number of benzene rings is 1. The van der Waals surface area contributed by atoms with E-state index < -0.39 is 34.1 Å². The van der Waals surface area contributed by atoms with E-state index in [9.17, 15) is 27.9 Å². The average molecular weight is 537 g/mol. The van der Waals surface area contributed by atoms with Crippen molar-refractivity contribution < 1.29 is 27.9 Å². The number of carboxylic acid groups (broad SMARTS) is 1. The van der Waals surface area contributed by atoms with E-state index in [2.05, 4.69) is 23.3 Å². The number of amides is 2. The zero-order chi connectivity index (χ0) is 24.5. The maximum atomic E-state index is 12.5. The summed E-state index contributed by atoms with van der Waals surface area (Å²) in [6.07, 6.45) is 0.441. The molecule has 1 fully saturated rings. The van der Waals surface area contributed by atoms with E-state index in [1.54, 1.807) is 18.7 Å². The Kier molecular flexibility index (Phi) is 8.10. The van der Waals surface area contributed by atoms with Crippen molar-refractivity contribution in [3.05, 3.63) is 22.7 Å². The monoisotopic (exact) mass is 536 g/mol. The van der Waals surface area contributed by atoms with E-state index in [4.69, 9.17) is 16.7 Å². The summed E-state index contributed by atoms with van der Waals surface area (Å²) in [5.41, 5.74) is 0.523. The summed E-state index contributed by atoms with van der Waals surface area (Å²) in [6, 6.07) is 1.64. The van der Waals surface area contributed by atoms with Crippen LogP contribution in [0.3, 0.4) is 0 Å². The van der Waals surface area contributed by atoms with E-state index in [1.807, 2.05) is 0 Å². The van der Waals surface area contributed by atoms with Gasteiger partial charge in [-0.05, 0) is 30.7 Å². The number of carbonyl (C=O) groups excluding carboxylic acids is 2. The number of carbonyl (C=O) groups is 3. The van der Waals surface area contributed by atoms with Crippen LogP contribution in [-0.2, 0) is 19.6 Å². The van der Waals surface area contributed by atoms with Crippen LogP contribution in [0.1, 0.15) is 30.1 Å². The molecule has 2 aliphatic heterocycles. The molecule has 1 aromatic rings. The van der Waals surface area contributed by atoms with E-state index in [-0.39, 0.29) is 32.6 Å². The van der Waals surface area contributed by atoms with Gasteiger partial charge >= 0.3 is 5.97 Å². The maximum Gasteiger partial charge on any atom is 0.326 e. The average Bonchev–Trinajstić information content (AvgIpc) is 3.15. The van der Waals surface area contributed by atoms with Gasteiger partial charge in [0.2, 0.25) is 15.9 Å². The fraction of sp³-hybridized carbons (Fsp3) is 0.526. The van der Waals surface area contributed by atoms with Crippen LogP contribution in [0.4, 0.5) is 5.69 Å². The van der Waals surface area contributed by atoms with Crippen LogP contribution in [0.25, 0.3) is 0 Å². The SMILES string of the molecule is CC(CS)C(=O)N1CC(SCCC2NC(=O)c3cc(S(N)(=O)=O)c(Cl)cc3N2)C[C@H]1C(=O)O. The van der Waals surface area contributed by atoms with Gasteiger partial charge in [0.05, 0.1) is 22.4 Å². The second-order valence-electron chi connectivity index (χ2n) is 7.99. The van der Waals surface area contributed by atoms with E-state index in [1.165, 1.54) is 11.0 Å². The standard InChI is InChI=1S/C19H25ClN4O6S3/c1-9(8-31)18(26)24-7-10(4-14(24)19(27)28)32-3-2-16-22-13-6-12(20)15(33(21,29)30)5-11(13)17(25)23-16/h5-6,9-10,14,16,22,31H,2-4,7-8H2,1H3,(H,23,25)(H,27,28)(H2,21,29,30)/t9?,10?,14-,16?/m0/s1. The molecule has 2 heterocycles. The number of thiol groups is 1. The molecule has 5 N–H and O–H groups in total. The molecule has 2 amide bonds. The van der Waals surface area contributed by atoms with Gasteiger partial charge in [0.25, 0.3) is 5.91 Å². The number of halogens is 1. The number of anilines is 1. The Morgan fingerprint density at radius 3 is 2.70 bits per heavy atom. The normalized spacial score (nSPS) is 23.5. The molecule has 0 radical (unpaired) electrons. The number of likely N-dealkylation sites (tertiary alicyclic amines) is 1. The van der Waals surface area contributed by atoms with E-state index in [0.29, 0.717) is 36.6 Å². The minimum absolute atomic E-state index is 0.0412. The molecule has 0 aromatic heterocycles. The molecule has 14 heteroatoms. The molecule has 4 atom stereocenters. The van der Waals surface area contributed by atoms with Crippen molar-refractivity contribution in [2.75, 3.05) is 23.4 Å². The number of sulfonamides is 1. The predicted octanol–water partition coefficient (Wildman–Crippen LogP) is 1.21. The van der Waals surface area contributed by atoms with E-state index in [0.717, 1.165) is 6.07 Å². The molecular weight excluding hydrogens is 512 g/mol. The zero-order valence-electron chi connectivity index (χ0n) is 17.7. The third kappa shape index (κ3) is 5.88. The lowest BCUT2D eigenvalue weighted by Gasteiger charge is -2.28. The highest BCUT2D eigenvalue weighted by Gasteiger charge is 2.41. The third-order valence-corrected chi connectivity index (χ3v) is 8.75. The molecule has 182 valence electrons. The summed E-state index contributed by atoms with van der Waals surface area (Å²) in [5.74, 6) is -1.11. The van der Waals surface area contributed by atoms with Gasteiger partial charge in [-0.3, -0.25) is 9.59 Å². The Morgan fingerprint density at radius 2 is 2.09 bits per heavy atom. The van der Waals surface area contributed by atoms with Crippen molar-refractivity contribution in [2.24, 2.45) is 11.1 Å². The van der Waals surface area contributed by atoms with Crippen molar-refractivity contribution in [2.45, 2.75) is 42.1 Å². The molecular formula is C19H25ClN4O6S3. The predicted molar refractivity (Wildman–Crippen MR) is 129 cm³/mol. The molecule has 1 saturated heterocycles. The van der Waals surface area contributed by atoms with Gasteiger partial charge in [0.1, 0.15) is 10.9 Å². The molecule has 0 saturated carbocycles. The molecule has 33 heavy (non-hydrogen) atoms. The minimum Gasteiger partial charge on any atom is -0.480 e. The molecule has 0 spiro atoms. The third-order valence-electron chi connectivity index (χ3n) is 5.54. The Morgan fingerprint density at radius 1 is 1.39 bits per heavy atom. The van der Waals surface area contributed by atoms with Gasteiger partial charge in [-0.25, -0.2) is 18.4 Å². The second-order valence-corrected chi connectivity index (χ2v) is 11.7. The summed E-state index contributed by atoms with van der Waals surface area (Å²) < 4.78 is 23.3. The van der Waals surface area contributed by atoms with Crippen molar-refractivity contribution in [1.82, 2.24) is 10.2 Å². The van der Waals surface area contributed by atoms with Gasteiger partial charge < -0.3 is 20.6 Å². The Labute approximate surface area is 206 Å². The first-order valence-electron chi connectivity index (χ1n) is 10.1. The largest absolute Gasteiger partial charge is 0.480 e. The highest BCUT2D eigenvalue weighted by atomic mass is 35.5. The molecule has 2 aliphatic rings. The number of thioether (sulfide) groups is 1. The van der Waals surface area contributed by atoms with E-state index >= 15 is 0 Å². The van der Waals surface area contributed by atoms with Crippen LogP contribution in [0, 0.1) is 5.92 Å². The summed E-state index contributed by atoms with van der Waals surface area (Å²) in [7, 11) is -4.07. The van der Waals surface area contributed by atoms with Crippen LogP contribution in [0.2, 0.25) is 5.02 Å². The fourth-order valence-corrected chi connectivity index (χ4v) is 6.34. The van der Waals surface area contributed by atoms with Crippen LogP contribution in [0.5, 0.6) is 0 Å². The number of nitrogens with two attached hydrogens (primary N) is 1. The van der Waals surface area contributed by atoms with Crippen LogP contribution in [0.15, 0.2) is 17.0 Å². The maximum absolute atomic E-state index is 12.5. The number of nitrogens with zero attached hydrogens (tertiary/aromatic N) is 1. The highest BCUT2D eigenvalue weighted by Crippen LogP contribution is 2.32. The lowest BCUT2D eigenvalue weighted by molar-refractivity contribution is -0.149. The molecule has 0 aliphatic carbocycles. The summed E-state index contributed by atoms with van der Waals surface area (Å²) in [5, 5.41) is 20.4. The Hall–Kier alpha value is -1.67. The molecule has 3 rings (SSSR count). The summed E-state index contributed by atoms with van der Waals surface area (Å²) in [4.78, 5) is 37.7. The topological polar surface area (TPSA) is 159 Å². The number of carboxylic acids is 1. The van der Waals surface area contributed by atoms with Crippen molar-refractivity contribution in [3.8, 4) is 0 Å². The van der Waals surface area contributed by atoms with Gasteiger partial charge in [-0.15, -0.1) is 0 Å². The first-order valence-corrected chi connectivity index (χ1v) is 13.7. The lowest BCUT2D eigenvalue weighted by Crippen LogP contribution is -2.45. The van der Waals surface area contributed by atoms with Crippen molar-refractivity contribution in [3.63, 3.8) is 0 Å². The number of aliphatic carboxylic acids is 1. The fourth-order valence-electron chi connectivity index (χ4n) is 3.79. The molecule has 1 aromatic carbocycles. The number of nitrogens with one attached hydrogen (secondary N) is 2. The number of rotatable bonds is 8. The van der Waals surface area contributed by atoms with Crippen molar-refractivity contribution >= 4 is 69.5 Å². The number of primary sulfonamides is 1. The minimum atomic E-state index is -4.07. The van der Waals surface area contributed by atoms with Crippen molar-refractivity contribution in [1.29, 1.82) is 0 Å². The first-order chi connectivity index (χ1) is 15.4. The van der Waals surface area contributed by atoms with Gasteiger partial charge in [0.15, 0.2) is 0 Å². The highest BCUT2D eigenvalue weighted by molar-refractivity contribution is 7.99. The molecule has 3 unspecified atom stereocenters. The smallest absolute Gasteiger partial charge is 0.326 e. The summed E-state index contributed by atoms with van der Waals surface area (Å²) in [6.45, 7) is 2.07. The zero-order valence-corrected chi connectivity index (χ0v) is 20.9. The Balaban J connectivity index is 1.60. The number of hydrogen-bond acceptors (Lipinski definition) is 8. The quantitative estimate of drug-likeness (QED) is 0.310. The number of fused-ring (bicyclic) bond motifs is 1. The lowest BCUT2D eigenvalue weighted by atomic mass is 10.1. The first kappa shape index (κ1) is 25.9. The van der Waals surface area contributed by atoms with Gasteiger partial charge in [-0.2, -0.15) is 24.4 Å². The van der Waals surface area contributed by atoms with Gasteiger partial charge in [0, 0.05) is 23.5 Å². The Bertz CT molecular complexity index is 1070.